The first-order chi connectivity index (χ1) is 10.6. The van der Waals surface area contributed by atoms with Gasteiger partial charge in [0.25, 0.3) is 0 Å². The summed E-state index contributed by atoms with van der Waals surface area (Å²) in [5, 5.41) is 1.62. The Balaban J connectivity index is 0. The van der Waals surface area contributed by atoms with E-state index in [2.05, 4.69) is 26.8 Å². The molecule has 24 heavy (non-hydrogen) atoms. The third-order valence-electron chi connectivity index (χ3n) is 4.76. The zero-order chi connectivity index (χ0) is 16.4. The summed E-state index contributed by atoms with van der Waals surface area (Å²) in [6.45, 7) is 6.94. The Hall–Kier alpha value is 0.810. The van der Waals surface area contributed by atoms with Crippen molar-refractivity contribution < 1.29 is 0 Å². The normalized spacial score (nSPS) is 11.5. The number of benzene rings is 1. The maximum atomic E-state index is 6.48. The van der Waals surface area contributed by atoms with Gasteiger partial charge >= 0.3 is 148 Å². The van der Waals surface area contributed by atoms with Crippen molar-refractivity contribution in [2.45, 2.75) is 65.5 Å². The van der Waals surface area contributed by atoms with E-state index in [1.165, 1.54) is 68.7 Å². The molecule has 5 heteroatoms. The van der Waals surface area contributed by atoms with Crippen LogP contribution in [0.15, 0.2) is 18.2 Å². The topological polar surface area (TPSA) is 0 Å². The van der Waals surface area contributed by atoms with Crippen LogP contribution in [-0.4, -0.2) is 18.5 Å². The third kappa shape index (κ3) is 9.49. The average molecular weight is 436 g/mol. The van der Waals surface area contributed by atoms with E-state index in [1.807, 2.05) is 12.1 Å². The Labute approximate surface area is 172 Å². The summed E-state index contributed by atoms with van der Waals surface area (Å²) in [4.78, 5) is 0. The van der Waals surface area contributed by atoms with Crippen molar-refractivity contribution in [2.75, 3.05) is 18.5 Å². The fraction of sp³-hybridized carbons (Fsp3) is 0.684. The van der Waals surface area contributed by atoms with Crippen molar-refractivity contribution in [3.8, 4) is 0 Å². The molecule has 0 heterocycles. The van der Waals surface area contributed by atoms with E-state index in [1.54, 1.807) is 0 Å². The van der Waals surface area contributed by atoms with E-state index in [0.717, 1.165) is 10.0 Å². The first-order valence-corrected chi connectivity index (χ1v) is 12.6. The summed E-state index contributed by atoms with van der Waals surface area (Å²) < 4.78 is 0. The molecule has 0 aromatic heterocycles. The van der Waals surface area contributed by atoms with Crippen LogP contribution in [0, 0.1) is 0 Å². The Morgan fingerprint density at radius 3 is 1.62 bits per heavy atom. The molecule has 0 aliphatic carbocycles. The van der Waals surface area contributed by atoms with Gasteiger partial charge in [-0.3, -0.25) is 0 Å². The van der Waals surface area contributed by atoms with E-state index in [4.69, 9.17) is 23.2 Å². The maximum absolute atomic E-state index is 6.48. The predicted octanol–water partition coefficient (Wildman–Crippen LogP) is 8.49. The van der Waals surface area contributed by atoms with Gasteiger partial charge in [0.2, 0.25) is 0 Å². The number of hydrogen-bond acceptors (Lipinski definition) is 0. The fourth-order valence-electron chi connectivity index (χ4n) is 3.36. The minimum atomic E-state index is -1.28. The average Bonchev–Trinajstić information content (AvgIpc) is 2.51. The van der Waals surface area contributed by atoms with Crippen molar-refractivity contribution in [3.63, 3.8) is 0 Å². The van der Waals surface area contributed by atoms with Gasteiger partial charge in [0.05, 0.1) is 0 Å². The second kappa shape index (κ2) is 14.9. The predicted molar refractivity (Wildman–Crippen MR) is 122 cm³/mol. The molecule has 1 rings (SSSR count). The van der Waals surface area contributed by atoms with Crippen molar-refractivity contribution in [1.82, 2.24) is 0 Å². The van der Waals surface area contributed by atoms with Gasteiger partial charge in [-0.25, -0.2) is 0 Å². The molecule has 144 valence electrons. The molecule has 0 radical (unpaired) electrons. The molecule has 0 saturated carbocycles. The van der Waals surface area contributed by atoms with Gasteiger partial charge < -0.3 is 0 Å². The molecule has 0 aliphatic heterocycles. The van der Waals surface area contributed by atoms with Crippen molar-refractivity contribution in [2.24, 2.45) is 0 Å². The summed E-state index contributed by atoms with van der Waals surface area (Å²) in [6.07, 6.45) is 13.7. The first kappa shape index (κ1) is 27.0. The Morgan fingerprint density at radius 2 is 1.25 bits per heavy atom. The quantitative estimate of drug-likeness (QED) is 0.305. The molecule has 0 unspecified atom stereocenters. The van der Waals surface area contributed by atoms with Gasteiger partial charge in [-0.15, -0.1) is 24.8 Å². The molecule has 0 atom stereocenters. The van der Waals surface area contributed by atoms with Crippen LogP contribution in [0.2, 0.25) is 10.0 Å². The molecular formula is C19H35Cl4P. The van der Waals surface area contributed by atoms with Crippen molar-refractivity contribution >= 4 is 55.3 Å². The number of hydrogen-bond donors (Lipinski definition) is 0. The monoisotopic (exact) mass is 434 g/mol. The van der Waals surface area contributed by atoms with Gasteiger partial charge in [0, 0.05) is 0 Å². The molecule has 0 saturated heterocycles. The number of rotatable bonds is 11. The SMILES string of the molecule is CCCC[PH](CCCC)(CCCC)Cc1ccc(Cl)cc1Cl.Cl.Cl. The minimum absolute atomic E-state index is 0. The minimum Gasteiger partial charge on any atom is -0.147 e. The van der Waals surface area contributed by atoms with E-state index in [9.17, 15) is 0 Å². The number of unbranched alkanes of at least 4 members (excludes halogenated alkanes) is 3. The van der Waals surface area contributed by atoms with Gasteiger partial charge in [-0.2, -0.15) is 0 Å². The van der Waals surface area contributed by atoms with Crippen LogP contribution in [0.4, 0.5) is 0 Å². The molecular weight excluding hydrogens is 401 g/mol. The van der Waals surface area contributed by atoms with Gasteiger partial charge in [-0.05, 0) is 0 Å². The maximum Gasteiger partial charge on any atom is -0.147 e. The molecule has 0 aliphatic rings. The molecule has 1 aromatic rings. The van der Waals surface area contributed by atoms with Crippen LogP contribution < -0.4 is 0 Å². The molecule has 1 aromatic carbocycles. The standard InChI is InChI=1S/C19H33Cl2P.2ClH/c1-4-7-12-22(13-8-5-2,14-9-6-3)16-17-10-11-18(20)15-19(17)21;;/h10-11,15,22H,4-9,12-14,16H2,1-3H3;2*1H. The second-order valence-corrected chi connectivity index (χ2v) is 12.4. The van der Waals surface area contributed by atoms with E-state index >= 15 is 0 Å². The Kier molecular flexibility index (Phi) is 16.8. The van der Waals surface area contributed by atoms with Gasteiger partial charge in [0.15, 0.2) is 0 Å². The van der Waals surface area contributed by atoms with E-state index < -0.39 is 7.26 Å². The summed E-state index contributed by atoms with van der Waals surface area (Å²) >= 11 is 12.5. The van der Waals surface area contributed by atoms with Crippen LogP contribution >= 0.6 is 55.3 Å². The first-order valence-electron chi connectivity index (χ1n) is 9.01. The van der Waals surface area contributed by atoms with E-state index in [0.29, 0.717) is 0 Å². The Morgan fingerprint density at radius 1 is 0.792 bits per heavy atom. The molecule has 0 bridgehead atoms. The largest absolute Gasteiger partial charge is 0.147 e. The molecule has 0 N–H and O–H groups in total. The molecule has 0 amide bonds. The summed E-state index contributed by atoms with van der Waals surface area (Å²) in [6, 6.07) is 6.08. The Bertz CT molecular complexity index is 416. The van der Waals surface area contributed by atoms with Crippen LogP contribution in [0.1, 0.15) is 64.9 Å². The molecule has 0 fully saturated rings. The van der Waals surface area contributed by atoms with Crippen LogP contribution in [0.3, 0.4) is 0 Å². The molecule has 0 spiro atoms. The van der Waals surface area contributed by atoms with Crippen molar-refractivity contribution in [3.05, 3.63) is 33.8 Å². The second-order valence-electron chi connectivity index (χ2n) is 6.72. The smallest absolute Gasteiger partial charge is 0.147 e. The summed E-state index contributed by atoms with van der Waals surface area (Å²) in [7, 11) is -1.28. The summed E-state index contributed by atoms with van der Waals surface area (Å²) in [5.41, 5.74) is 1.33. The van der Waals surface area contributed by atoms with Gasteiger partial charge in [-0.1, -0.05) is 0 Å². The number of halogens is 4. The third-order valence-corrected chi connectivity index (χ3v) is 10.7. The summed E-state index contributed by atoms with van der Waals surface area (Å²) in [5.74, 6) is 0. The van der Waals surface area contributed by atoms with Gasteiger partial charge in [0.1, 0.15) is 0 Å². The zero-order valence-corrected chi connectivity index (χ0v) is 19.5. The van der Waals surface area contributed by atoms with E-state index in [-0.39, 0.29) is 24.8 Å². The van der Waals surface area contributed by atoms with Crippen LogP contribution in [0.25, 0.3) is 0 Å². The fourth-order valence-corrected chi connectivity index (χ4v) is 9.66. The van der Waals surface area contributed by atoms with Crippen LogP contribution in [0.5, 0.6) is 0 Å². The zero-order valence-electron chi connectivity index (χ0n) is 15.4. The van der Waals surface area contributed by atoms with Crippen LogP contribution in [-0.2, 0) is 6.16 Å². The molecule has 0 nitrogen and oxygen atoms in total. The van der Waals surface area contributed by atoms with Crippen molar-refractivity contribution in [1.29, 1.82) is 0 Å².